The Balaban J connectivity index is 1.85. The summed E-state index contributed by atoms with van der Waals surface area (Å²) in [5.74, 6) is -1.32. The zero-order valence-electron chi connectivity index (χ0n) is 14.7. The van der Waals surface area contributed by atoms with Crippen LogP contribution in [0.4, 0.5) is 0 Å². The van der Waals surface area contributed by atoms with E-state index >= 15 is 0 Å². The number of hydrogen-bond donors (Lipinski definition) is 2. The Bertz CT molecular complexity index is 1210. The minimum Gasteiger partial charge on any atom is -0.507 e. The van der Waals surface area contributed by atoms with Crippen molar-refractivity contribution in [3.63, 3.8) is 0 Å². The molecule has 0 saturated heterocycles. The molecule has 4 aromatic rings. The van der Waals surface area contributed by atoms with Crippen LogP contribution in [0.5, 0.6) is 11.5 Å². The zero-order chi connectivity index (χ0) is 19.7. The highest BCUT2D eigenvalue weighted by Gasteiger charge is 2.28. The van der Waals surface area contributed by atoms with Crippen LogP contribution in [0, 0.1) is 0 Å². The minimum atomic E-state index is -0.687. The highest BCUT2D eigenvalue weighted by molar-refractivity contribution is 7.10. The van der Waals surface area contributed by atoms with E-state index in [2.05, 4.69) is 0 Å². The van der Waals surface area contributed by atoms with Crippen molar-refractivity contribution in [2.75, 3.05) is 0 Å². The average Bonchev–Trinajstić information content (AvgIpc) is 3.22. The van der Waals surface area contributed by atoms with E-state index in [9.17, 15) is 19.8 Å². The molecule has 1 atom stereocenters. The van der Waals surface area contributed by atoms with Crippen molar-refractivity contribution in [2.45, 2.75) is 12.3 Å². The van der Waals surface area contributed by atoms with Gasteiger partial charge in [-0.05, 0) is 35.7 Å². The van der Waals surface area contributed by atoms with Gasteiger partial charge in [0.2, 0.25) is 0 Å². The molecule has 28 heavy (non-hydrogen) atoms. The number of carbonyl (C=O) groups is 1. The van der Waals surface area contributed by atoms with Crippen LogP contribution in [0.2, 0.25) is 0 Å². The van der Waals surface area contributed by atoms with Crippen LogP contribution in [-0.4, -0.2) is 16.0 Å². The van der Waals surface area contributed by atoms with Crippen LogP contribution in [0.1, 0.15) is 33.1 Å². The predicted molar refractivity (Wildman–Crippen MR) is 107 cm³/mol. The third-order valence-electron chi connectivity index (χ3n) is 4.65. The van der Waals surface area contributed by atoms with Gasteiger partial charge in [0.05, 0.1) is 16.5 Å². The quantitative estimate of drug-likeness (QED) is 0.381. The van der Waals surface area contributed by atoms with Gasteiger partial charge in [-0.2, -0.15) is 0 Å². The Labute approximate surface area is 164 Å². The molecule has 2 heterocycles. The van der Waals surface area contributed by atoms with Gasteiger partial charge in [-0.15, -0.1) is 11.3 Å². The second-order valence-corrected chi connectivity index (χ2v) is 7.34. The summed E-state index contributed by atoms with van der Waals surface area (Å²) in [6.45, 7) is 0. The maximum absolute atomic E-state index is 12.9. The van der Waals surface area contributed by atoms with E-state index in [1.165, 1.54) is 23.5 Å². The van der Waals surface area contributed by atoms with Gasteiger partial charge in [-0.1, -0.05) is 30.3 Å². The normalized spacial score (nSPS) is 12.1. The van der Waals surface area contributed by atoms with Crippen LogP contribution in [0.15, 0.2) is 75.3 Å². The number of rotatable bonds is 5. The van der Waals surface area contributed by atoms with E-state index in [0.29, 0.717) is 5.39 Å². The Morgan fingerprint density at radius 2 is 1.75 bits per heavy atom. The fraction of sp³-hybridized carbons (Fsp3) is 0.0909. The minimum absolute atomic E-state index is 0.0462. The lowest BCUT2D eigenvalue weighted by Gasteiger charge is -2.16. The number of thiophene rings is 1. The third-order valence-corrected chi connectivity index (χ3v) is 5.63. The first-order valence-electron chi connectivity index (χ1n) is 8.65. The molecule has 2 aromatic heterocycles. The summed E-state index contributed by atoms with van der Waals surface area (Å²) in [5, 5.41) is 23.1. The molecular weight excluding hydrogens is 376 g/mol. The third kappa shape index (κ3) is 3.18. The molecule has 4 rings (SSSR count). The van der Waals surface area contributed by atoms with Crippen molar-refractivity contribution < 1.29 is 19.4 Å². The Hall–Kier alpha value is -3.38. The highest BCUT2D eigenvalue weighted by Crippen LogP contribution is 2.38. The molecule has 0 aliphatic heterocycles. The van der Waals surface area contributed by atoms with E-state index in [1.54, 1.807) is 36.4 Å². The fourth-order valence-electron chi connectivity index (χ4n) is 3.29. The van der Waals surface area contributed by atoms with Gasteiger partial charge in [0.1, 0.15) is 17.1 Å². The SMILES string of the molecule is O=C(CC(c1cccs1)c1c(O)c2ccccc2oc1=O)c1ccccc1O. The molecule has 1 unspecified atom stereocenters. The second-order valence-electron chi connectivity index (χ2n) is 6.36. The van der Waals surface area contributed by atoms with Gasteiger partial charge in [-0.25, -0.2) is 4.79 Å². The largest absolute Gasteiger partial charge is 0.507 e. The number of carbonyl (C=O) groups excluding carboxylic acids is 1. The maximum Gasteiger partial charge on any atom is 0.343 e. The molecule has 0 aliphatic carbocycles. The van der Waals surface area contributed by atoms with E-state index < -0.39 is 11.5 Å². The molecule has 0 aliphatic rings. The average molecular weight is 392 g/mol. The first-order valence-corrected chi connectivity index (χ1v) is 9.53. The van der Waals surface area contributed by atoms with Crippen molar-refractivity contribution in [2.24, 2.45) is 0 Å². The lowest BCUT2D eigenvalue weighted by Crippen LogP contribution is -2.17. The monoisotopic (exact) mass is 392 g/mol. The number of para-hydroxylation sites is 2. The molecule has 0 amide bonds. The lowest BCUT2D eigenvalue weighted by atomic mass is 9.89. The van der Waals surface area contributed by atoms with Gasteiger partial charge in [-0.3, -0.25) is 4.79 Å². The number of Topliss-reactive ketones (excluding diaryl/α,β-unsaturated/α-hetero) is 1. The first kappa shape index (κ1) is 18.0. The number of phenols is 1. The molecule has 0 bridgehead atoms. The topological polar surface area (TPSA) is 87.7 Å². The van der Waals surface area contributed by atoms with Crippen LogP contribution in [-0.2, 0) is 0 Å². The molecule has 5 nitrogen and oxygen atoms in total. The second kappa shape index (κ2) is 7.32. The Morgan fingerprint density at radius 3 is 2.50 bits per heavy atom. The van der Waals surface area contributed by atoms with Gasteiger partial charge < -0.3 is 14.6 Å². The van der Waals surface area contributed by atoms with Gasteiger partial charge in [0, 0.05) is 17.2 Å². The number of hydrogen-bond acceptors (Lipinski definition) is 6. The Morgan fingerprint density at radius 1 is 1.00 bits per heavy atom. The molecule has 0 radical (unpaired) electrons. The Kier molecular flexibility index (Phi) is 4.71. The molecule has 6 heteroatoms. The number of fused-ring (bicyclic) bond motifs is 1. The smallest absolute Gasteiger partial charge is 0.343 e. The summed E-state index contributed by atoms with van der Waals surface area (Å²) >= 11 is 1.38. The number of benzene rings is 2. The van der Waals surface area contributed by atoms with Crippen molar-refractivity contribution in [1.82, 2.24) is 0 Å². The zero-order valence-corrected chi connectivity index (χ0v) is 15.5. The number of phenolic OH excluding ortho intramolecular Hbond substituents is 1. The van der Waals surface area contributed by atoms with Gasteiger partial charge in [0.15, 0.2) is 5.78 Å². The van der Waals surface area contributed by atoms with E-state index in [4.69, 9.17) is 4.42 Å². The van der Waals surface area contributed by atoms with E-state index in [0.717, 1.165) is 4.88 Å². The maximum atomic E-state index is 12.9. The van der Waals surface area contributed by atoms with Gasteiger partial charge in [0.25, 0.3) is 0 Å². The van der Waals surface area contributed by atoms with E-state index in [-0.39, 0.29) is 40.4 Å². The number of aromatic hydroxyl groups is 2. The molecule has 2 aromatic carbocycles. The summed E-state index contributed by atoms with van der Waals surface area (Å²) in [6, 6.07) is 16.6. The van der Waals surface area contributed by atoms with E-state index in [1.807, 2.05) is 17.5 Å². The van der Waals surface area contributed by atoms with Crippen LogP contribution < -0.4 is 5.63 Å². The van der Waals surface area contributed by atoms with Crippen molar-refractivity contribution in [3.05, 3.63) is 92.5 Å². The molecule has 140 valence electrons. The predicted octanol–water partition coefficient (Wildman–Crippen LogP) is 4.67. The molecule has 0 spiro atoms. The van der Waals surface area contributed by atoms with Crippen LogP contribution >= 0.6 is 11.3 Å². The fourth-order valence-corrected chi connectivity index (χ4v) is 4.13. The number of ketones is 1. The standard InChI is InChI=1S/C22H16O5S/c23-16-8-3-1-6-13(16)17(24)12-15(19-10-5-11-28-19)20-21(25)14-7-2-4-9-18(14)27-22(20)26/h1-11,15,23,25H,12H2. The molecule has 2 N–H and O–H groups in total. The van der Waals surface area contributed by atoms with Crippen LogP contribution in [0.3, 0.4) is 0 Å². The molecular formula is C22H16O5S. The van der Waals surface area contributed by atoms with Crippen LogP contribution in [0.25, 0.3) is 11.0 Å². The lowest BCUT2D eigenvalue weighted by molar-refractivity contribution is 0.0975. The summed E-state index contributed by atoms with van der Waals surface area (Å²) in [4.78, 5) is 26.3. The highest BCUT2D eigenvalue weighted by atomic mass is 32.1. The first-order chi connectivity index (χ1) is 13.6. The van der Waals surface area contributed by atoms with Gasteiger partial charge >= 0.3 is 5.63 Å². The summed E-state index contributed by atoms with van der Waals surface area (Å²) < 4.78 is 5.39. The summed E-state index contributed by atoms with van der Waals surface area (Å²) in [5.41, 5.74) is -0.177. The van der Waals surface area contributed by atoms with Crippen molar-refractivity contribution >= 4 is 28.1 Å². The summed E-state index contributed by atoms with van der Waals surface area (Å²) in [7, 11) is 0. The van der Waals surface area contributed by atoms with Crippen molar-refractivity contribution in [3.8, 4) is 11.5 Å². The molecule has 0 fully saturated rings. The summed E-state index contributed by atoms with van der Waals surface area (Å²) in [6.07, 6.45) is -0.0885. The molecule has 0 saturated carbocycles. The van der Waals surface area contributed by atoms with Crippen molar-refractivity contribution in [1.29, 1.82) is 0 Å².